The summed E-state index contributed by atoms with van der Waals surface area (Å²) in [6.45, 7) is 3.66. The van der Waals surface area contributed by atoms with Gasteiger partial charge in [0.25, 0.3) is 5.70 Å². The number of allylic oxidation sites excluding steroid dienone is 1. The van der Waals surface area contributed by atoms with Gasteiger partial charge in [-0.05, 0) is 30.5 Å². The maximum Gasteiger partial charge on any atom is 0.263 e. The van der Waals surface area contributed by atoms with Gasteiger partial charge in [0.15, 0.2) is 0 Å². The van der Waals surface area contributed by atoms with Gasteiger partial charge in [-0.1, -0.05) is 66.2 Å². The van der Waals surface area contributed by atoms with E-state index in [0.717, 1.165) is 11.1 Å². The molecule has 6 heteroatoms. The molecule has 3 rings (SSSR count). The maximum atomic E-state index is 11.9. The summed E-state index contributed by atoms with van der Waals surface area (Å²) >= 11 is 0. The van der Waals surface area contributed by atoms with E-state index in [1.54, 1.807) is 37.3 Å². The summed E-state index contributed by atoms with van der Waals surface area (Å²) in [5.74, 6) is -0.869. The topological polar surface area (TPSA) is 86.3 Å². The van der Waals surface area contributed by atoms with Crippen LogP contribution in [0.25, 0.3) is 6.08 Å². The van der Waals surface area contributed by atoms with Crippen molar-refractivity contribution in [3.05, 3.63) is 108 Å². The third-order valence-corrected chi connectivity index (χ3v) is 5.02. The van der Waals surface area contributed by atoms with Crippen LogP contribution in [0.2, 0.25) is 0 Å². The molecule has 0 saturated carbocycles. The Labute approximate surface area is 157 Å². The fraction of sp³-hybridized carbons (Fsp3) is 0.238. The Morgan fingerprint density at radius 1 is 0.963 bits per heavy atom. The zero-order valence-electron chi connectivity index (χ0n) is 15.2. The smallest absolute Gasteiger partial charge is 0.263 e. The second-order valence-electron chi connectivity index (χ2n) is 6.79. The average molecular weight is 364 g/mol. The lowest BCUT2D eigenvalue weighted by Gasteiger charge is -2.26. The molecule has 0 N–H and O–H groups in total. The number of aryl methyl sites for hydroxylation is 1. The molecule has 0 bridgehead atoms. The number of nitro groups is 2. The van der Waals surface area contributed by atoms with Gasteiger partial charge in [-0.25, -0.2) is 0 Å². The van der Waals surface area contributed by atoms with Crippen LogP contribution >= 0.6 is 0 Å². The highest BCUT2D eigenvalue weighted by atomic mass is 16.6. The Balaban J connectivity index is 2.16. The van der Waals surface area contributed by atoms with Crippen LogP contribution in [-0.2, 0) is 0 Å². The van der Waals surface area contributed by atoms with E-state index in [0.29, 0.717) is 16.7 Å². The molecule has 0 aliphatic heterocycles. The molecule has 2 aromatic carbocycles. The van der Waals surface area contributed by atoms with E-state index in [4.69, 9.17) is 0 Å². The minimum atomic E-state index is -1.08. The zero-order chi connectivity index (χ0) is 19.6. The predicted molar refractivity (Wildman–Crippen MR) is 103 cm³/mol. The van der Waals surface area contributed by atoms with Gasteiger partial charge in [0, 0.05) is 16.9 Å². The predicted octanol–water partition coefficient (Wildman–Crippen LogP) is 4.76. The normalized spacial score (nSPS) is 21.3. The van der Waals surface area contributed by atoms with Crippen LogP contribution in [0, 0.1) is 27.2 Å². The summed E-state index contributed by atoms with van der Waals surface area (Å²) in [6.07, 6.45) is 1.97. The molecule has 0 amide bonds. The van der Waals surface area contributed by atoms with E-state index in [9.17, 15) is 20.2 Å². The highest BCUT2D eigenvalue weighted by Gasteiger charge is 2.47. The van der Waals surface area contributed by atoms with Crippen LogP contribution in [0.1, 0.15) is 36.0 Å². The number of hydrogen-bond acceptors (Lipinski definition) is 4. The maximum absolute atomic E-state index is 11.9. The molecular weight excluding hydrogens is 344 g/mol. The fourth-order valence-electron chi connectivity index (χ4n) is 3.59. The first-order chi connectivity index (χ1) is 12.9. The molecule has 2 atom stereocenters. The quantitative estimate of drug-likeness (QED) is 0.578. The summed E-state index contributed by atoms with van der Waals surface area (Å²) in [5.41, 5.74) is 3.63. The summed E-state index contributed by atoms with van der Waals surface area (Å²) in [6, 6.07) is 15.3. The van der Waals surface area contributed by atoms with Gasteiger partial charge in [-0.2, -0.15) is 0 Å². The van der Waals surface area contributed by atoms with Gasteiger partial charge in [0.05, 0.1) is 4.92 Å². The van der Waals surface area contributed by atoms with E-state index in [1.165, 1.54) is 0 Å². The molecule has 2 unspecified atom stereocenters. The second kappa shape index (κ2) is 7.53. The van der Waals surface area contributed by atoms with Crippen molar-refractivity contribution in [2.24, 2.45) is 0 Å². The number of hydrogen-bond donors (Lipinski definition) is 0. The van der Waals surface area contributed by atoms with Crippen molar-refractivity contribution in [2.75, 3.05) is 0 Å². The minimum absolute atomic E-state index is 0.0903. The Morgan fingerprint density at radius 2 is 1.59 bits per heavy atom. The summed E-state index contributed by atoms with van der Waals surface area (Å²) in [4.78, 5) is 22.8. The van der Waals surface area contributed by atoms with Crippen LogP contribution in [0.4, 0.5) is 0 Å². The van der Waals surface area contributed by atoms with Crippen molar-refractivity contribution in [1.29, 1.82) is 0 Å². The van der Waals surface area contributed by atoms with E-state index in [1.807, 2.05) is 37.3 Å². The third kappa shape index (κ3) is 3.79. The van der Waals surface area contributed by atoms with E-state index in [2.05, 4.69) is 0 Å². The van der Waals surface area contributed by atoms with Crippen molar-refractivity contribution < 1.29 is 9.85 Å². The monoisotopic (exact) mass is 364 g/mol. The van der Waals surface area contributed by atoms with E-state index >= 15 is 0 Å². The molecule has 2 aromatic rings. The zero-order valence-corrected chi connectivity index (χ0v) is 15.2. The van der Waals surface area contributed by atoms with Gasteiger partial charge < -0.3 is 0 Å². The fourth-order valence-corrected chi connectivity index (χ4v) is 3.59. The number of nitrogens with zero attached hydrogens (tertiary/aromatic N) is 2. The molecule has 0 saturated heterocycles. The van der Waals surface area contributed by atoms with E-state index < -0.39 is 21.8 Å². The molecule has 0 fully saturated rings. The first-order valence-electron chi connectivity index (χ1n) is 8.69. The van der Waals surface area contributed by atoms with Crippen LogP contribution < -0.4 is 0 Å². The standard InChI is InChI=1S/C21H20N2O4/c1-14-8-10-16(11-9-14)12-18-13-19(22(24)25)20(17-6-4-3-5-7-17)21(15(18)2)23(26)27/h3-12,19-20H,13H2,1-2H3/b18-12-. The number of rotatable bonds is 4. The molecule has 1 aliphatic rings. The molecule has 27 heavy (non-hydrogen) atoms. The molecule has 138 valence electrons. The van der Waals surface area contributed by atoms with Crippen LogP contribution in [0.3, 0.4) is 0 Å². The highest BCUT2D eigenvalue weighted by molar-refractivity contribution is 5.60. The van der Waals surface area contributed by atoms with Crippen LogP contribution in [0.5, 0.6) is 0 Å². The van der Waals surface area contributed by atoms with Gasteiger partial charge >= 0.3 is 0 Å². The molecular formula is C21H20N2O4. The van der Waals surface area contributed by atoms with Gasteiger partial charge in [0.1, 0.15) is 5.92 Å². The van der Waals surface area contributed by atoms with E-state index in [-0.39, 0.29) is 12.1 Å². The lowest BCUT2D eigenvalue weighted by Crippen LogP contribution is -2.35. The second-order valence-corrected chi connectivity index (χ2v) is 6.79. The van der Waals surface area contributed by atoms with Crippen molar-refractivity contribution in [3.63, 3.8) is 0 Å². The lowest BCUT2D eigenvalue weighted by molar-refractivity contribution is -0.535. The summed E-state index contributed by atoms with van der Waals surface area (Å²) in [5, 5.41) is 23.6. The van der Waals surface area contributed by atoms with Gasteiger partial charge in [-0.3, -0.25) is 20.2 Å². The Morgan fingerprint density at radius 3 is 2.15 bits per heavy atom. The van der Waals surface area contributed by atoms with Crippen LogP contribution in [0.15, 0.2) is 71.4 Å². The number of benzene rings is 2. The summed E-state index contributed by atoms with van der Waals surface area (Å²) < 4.78 is 0. The van der Waals surface area contributed by atoms with Crippen molar-refractivity contribution in [1.82, 2.24) is 0 Å². The largest absolute Gasteiger partial charge is 0.264 e. The SMILES string of the molecule is CC1=C([N+](=O)[O-])C(c2ccccc2)C([N+](=O)[O-])C/C1=C/c1ccc(C)cc1. The Kier molecular flexibility index (Phi) is 5.16. The van der Waals surface area contributed by atoms with Gasteiger partial charge in [-0.15, -0.1) is 0 Å². The lowest BCUT2D eigenvalue weighted by atomic mass is 9.76. The Hall–Kier alpha value is -3.28. The van der Waals surface area contributed by atoms with Crippen molar-refractivity contribution in [3.8, 4) is 0 Å². The Bertz CT molecular complexity index is 930. The van der Waals surface area contributed by atoms with Crippen molar-refractivity contribution >= 4 is 6.08 Å². The summed E-state index contributed by atoms with van der Waals surface area (Å²) in [7, 11) is 0. The third-order valence-electron chi connectivity index (χ3n) is 5.02. The molecule has 6 nitrogen and oxygen atoms in total. The molecule has 0 spiro atoms. The molecule has 0 radical (unpaired) electrons. The minimum Gasteiger partial charge on any atom is -0.264 e. The molecule has 0 heterocycles. The molecule has 0 aromatic heterocycles. The van der Waals surface area contributed by atoms with Crippen LogP contribution in [-0.4, -0.2) is 15.9 Å². The first-order valence-corrected chi connectivity index (χ1v) is 8.69. The highest BCUT2D eigenvalue weighted by Crippen LogP contribution is 2.42. The first kappa shape index (κ1) is 18.5. The van der Waals surface area contributed by atoms with Crippen molar-refractivity contribution in [2.45, 2.75) is 32.2 Å². The molecule has 1 aliphatic carbocycles. The average Bonchev–Trinajstić information content (AvgIpc) is 2.64. The van der Waals surface area contributed by atoms with Gasteiger partial charge in [0.2, 0.25) is 6.04 Å².